The van der Waals surface area contributed by atoms with Gasteiger partial charge in [-0.3, -0.25) is 0 Å². The van der Waals surface area contributed by atoms with Gasteiger partial charge in [0, 0.05) is 12.6 Å². The molecular formula is C11H19FN4. The molecule has 0 amide bonds. The van der Waals surface area contributed by atoms with Gasteiger partial charge in [0.25, 0.3) is 0 Å². The Hall–Kier alpha value is -1.23. The van der Waals surface area contributed by atoms with Crippen LogP contribution in [0, 0.1) is 5.82 Å². The summed E-state index contributed by atoms with van der Waals surface area (Å²) in [6.45, 7) is 4.40. The van der Waals surface area contributed by atoms with E-state index in [0.29, 0.717) is 18.7 Å². The quantitative estimate of drug-likeness (QED) is 0.775. The van der Waals surface area contributed by atoms with Gasteiger partial charge in [0.15, 0.2) is 11.6 Å². The zero-order valence-corrected chi connectivity index (χ0v) is 9.83. The van der Waals surface area contributed by atoms with E-state index in [4.69, 9.17) is 5.73 Å². The molecule has 0 fully saturated rings. The molecule has 1 atom stereocenters. The number of nitrogens with zero attached hydrogens (tertiary/aromatic N) is 2. The number of hydrogen-bond donors (Lipinski definition) is 2. The van der Waals surface area contributed by atoms with Gasteiger partial charge in [-0.1, -0.05) is 20.3 Å². The molecule has 1 heterocycles. The lowest BCUT2D eigenvalue weighted by Crippen LogP contribution is -2.29. The van der Waals surface area contributed by atoms with Crippen LogP contribution in [0.1, 0.15) is 32.4 Å². The van der Waals surface area contributed by atoms with Crippen molar-refractivity contribution in [3.8, 4) is 0 Å². The molecule has 1 aromatic rings. The fourth-order valence-electron chi connectivity index (χ4n) is 1.54. The third kappa shape index (κ3) is 3.13. The van der Waals surface area contributed by atoms with Crippen molar-refractivity contribution in [1.29, 1.82) is 0 Å². The van der Waals surface area contributed by atoms with Crippen molar-refractivity contribution >= 4 is 5.82 Å². The second kappa shape index (κ2) is 6.37. The summed E-state index contributed by atoms with van der Waals surface area (Å²) in [4.78, 5) is 7.78. The van der Waals surface area contributed by atoms with Crippen molar-refractivity contribution in [3.63, 3.8) is 0 Å². The Morgan fingerprint density at radius 1 is 1.44 bits per heavy atom. The fourth-order valence-corrected chi connectivity index (χ4v) is 1.54. The van der Waals surface area contributed by atoms with E-state index in [-0.39, 0.29) is 17.7 Å². The first-order chi connectivity index (χ1) is 7.72. The number of anilines is 1. The second-order valence-corrected chi connectivity index (χ2v) is 3.70. The summed E-state index contributed by atoms with van der Waals surface area (Å²) in [6.07, 6.45) is 3.84. The van der Waals surface area contributed by atoms with E-state index in [1.54, 1.807) is 0 Å². The lowest BCUT2D eigenvalue weighted by Gasteiger charge is -2.17. The predicted molar refractivity (Wildman–Crippen MR) is 62.7 cm³/mol. The highest BCUT2D eigenvalue weighted by molar-refractivity contribution is 5.38. The van der Waals surface area contributed by atoms with Gasteiger partial charge in [-0.2, -0.15) is 0 Å². The van der Waals surface area contributed by atoms with E-state index < -0.39 is 0 Å². The van der Waals surface area contributed by atoms with Gasteiger partial charge in [0.2, 0.25) is 0 Å². The van der Waals surface area contributed by atoms with Gasteiger partial charge in [0.1, 0.15) is 6.33 Å². The Labute approximate surface area is 95.5 Å². The van der Waals surface area contributed by atoms with E-state index >= 15 is 0 Å². The molecule has 0 saturated carbocycles. The molecular weight excluding hydrogens is 207 g/mol. The first kappa shape index (κ1) is 12.8. The molecule has 0 spiro atoms. The zero-order valence-electron chi connectivity index (χ0n) is 9.83. The lowest BCUT2D eigenvalue weighted by molar-refractivity contribution is 0.583. The van der Waals surface area contributed by atoms with Gasteiger partial charge < -0.3 is 11.1 Å². The maximum Gasteiger partial charge on any atom is 0.186 e. The van der Waals surface area contributed by atoms with Crippen LogP contribution in [0.2, 0.25) is 0 Å². The van der Waals surface area contributed by atoms with Gasteiger partial charge in [-0.05, 0) is 12.8 Å². The van der Waals surface area contributed by atoms with Crippen LogP contribution in [0.3, 0.4) is 0 Å². The minimum Gasteiger partial charge on any atom is -0.364 e. The average Bonchev–Trinajstić information content (AvgIpc) is 2.31. The van der Waals surface area contributed by atoms with E-state index in [0.717, 1.165) is 12.8 Å². The van der Waals surface area contributed by atoms with Crippen LogP contribution in [0.5, 0.6) is 0 Å². The lowest BCUT2D eigenvalue weighted by atomic mass is 10.1. The maximum atomic E-state index is 13.8. The van der Waals surface area contributed by atoms with Crippen LogP contribution in [0.4, 0.5) is 10.2 Å². The number of hydrogen-bond acceptors (Lipinski definition) is 4. The van der Waals surface area contributed by atoms with Crippen LogP contribution in [0.15, 0.2) is 6.33 Å². The van der Waals surface area contributed by atoms with E-state index in [2.05, 4.69) is 22.2 Å². The summed E-state index contributed by atoms with van der Waals surface area (Å²) in [5.41, 5.74) is 6.03. The van der Waals surface area contributed by atoms with Crippen LogP contribution < -0.4 is 11.1 Å². The highest BCUT2D eigenvalue weighted by Crippen LogP contribution is 2.15. The van der Waals surface area contributed by atoms with Crippen molar-refractivity contribution < 1.29 is 4.39 Å². The van der Waals surface area contributed by atoms with Crippen molar-refractivity contribution in [3.05, 3.63) is 17.8 Å². The SMILES string of the molecule is CCCC(CN)Nc1ncnc(CC)c1F. The van der Waals surface area contributed by atoms with Gasteiger partial charge in [0.05, 0.1) is 5.69 Å². The minimum atomic E-state index is -0.362. The highest BCUT2D eigenvalue weighted by atomic mass is 19.1. The average molecular weight is 226 g/mol. The smallest absolute Gasteiger partial charge is 0.186 e. The molecule has 0 aliphatic carbocycles. The van der Waals surface area contributed by atoms with Crippen molar-refractivity contribution in [2.24, 2.45) is 5.73 Å². The summed E-state index contributed by atoms with van der Waals surface area (Å²) in [5.74, 6) is -0.102. The van der Waals surface area contributed by atoms with Crippen molar-refractivity contribution in [2.75, 3.05) is 11.9 Å². The standard InChI is InChI=1S/C11H19FN4/c1-3-5-8(6-13)16-11-10(12)9(4-2)14-7-15-11/h7-8H,3-6,13H2,1-2H3,(H,14,15,16). The molecule has 0 aliphatic rings. The first-order valence-corrected chi connectivity index (χ1v) is 5.68. The molecule has 1 aromatic heterocycles. The topological polar surface area (TPSA) is 63.8 Å². The molecule has 0 radical (unpaired) electrons. The van der Waals surface area contributed by atoms with Crippen LogP contribution in [-0.2, 0) is 6.42 Å². The Kier molecular flexibility index (Phi) is 5.11. The third-order valence-electron chi connectivity index (χ3n) is 2.46. The minimum absolute atomic E-state index is 0.0686. The molecule has 1 unspecified atom stereocenters. The van der Waals surface area contributed by atoms with Gasteiger partial charge in [-0.15, -0.1) is 0 Å². The summed E-state index contributed by atoms with van der Waals surface area (Å²) in [7, 11) is 0. The third-order valence-corrected chi connectivity index (χ3v) is 2.46. The predicted octanol–water partition coefficient (Wildman–Crippen LogP) is 1.72. The Bertz CT molecular complexity index is 330. The van der Waals surface area contributed by atoms with E-state index in [1.165, 1.54) is 6.33 Å². The second-order valence-electron chi connectivity index (χ2n) is 3.70. The van der Waals surface area contributed by atoms with Crippen molar-refractivity contribution in [2.45, 2.75) is 39.2 Å². The molecule has 3 N–H and O–H groups in total. The molecule has 1 rings (SSSR count). The van der Waals surface area contributed by atoms with Crippen LogP contribution in [-0.4, -0.2) is 22.6 Å². The Morgan fingerprint density at radius 2 is 2.19 bits per heavy atom. The van der Waals surface area contributed by atoms with Crippen molar-refractivity contribution in [1.82, 2.24) is 9.97 Å². The first-order valence-electron chi connectivity index (χ1n) is 5.68. The number of aromatic nitrogens is 2. The molecule has 16 heavy (non-hydrogen) atoms. The molecule has 0 aliphatic heterocycles. The summed E-state index contributed by atoms with van der Waals surface area (Å²) >= 11 is 0. The van der Waals surface area contributed by atoms with E-state index in [9.17, 15) is 4.39 Å². The zero-order chi connectivity index (χ0) is 12.0. The number of halogens is 1. The number of nitrogens with two attached hydrogens (primary N) is 1. The number of nitrogens with one attached hydrogen (secondary N) is 1. The Morgan fingerprint density at radius 3 is 2.75 bits per heavy atom. The molecule has 90 valence electrons. The monoisotopic (exact) mass is 226 g/mol. The normalized spacial score (nSPS) is 12.5. The Balaban J connectivity index is 2.79. The number of aryl methyl sites for hydroxylation is 1. The highest BCUT2D eigenvalue weighted by Gasteiger charge is 2.12. The molecule has 0 saturated heterocycles. The maximum absolute atomic E-state index is 13.8. The molecule has 0 aromatic carbocycles. The molecule has 4 nitrogen and oxygen atoms in total. The van der Waals surface area contributed by atoms with Gasteiger partial charge in [-0.25, -0.2) is 14.4 Å². The summed E-state index contributed by atoms with van der Waals surface area (Å²) < 4.78 is 13.8. The van der Waals surface area contributed by atoms with Crippen LogP contribution >= 0.6 is 0 Å². The summed E-state index contributed by atoms with van der Waals surface area (Å²) in [5, 5.41) is 3.02. The van der Waals surface area contributed by atoms with Gasteiger partial charge >= 0.3 is 0 Å². The molecule has 0 bridgehead atoms. The summed E-state index contributed by atoms with van der Waals surface area (Å²) in [6, 6.07) is 0.0686. The largest absolute Gasteiger partial charge is 0.364 e. The molecule has 5 heteroatoms. The fraction of sp³-hybridized carbons (Fsp3) is 0.636. The number of rotatable bonds is 6. The van der Waals surface area contributed by atoms with E-state index in [1.807, 2.05) is 6.92 Å². The van der Waals surface area contributed by atoms with Crippen LogP contribution in [0.25, 0.3) is 0 Å².